The average molecular weight is 431 g/mol. The summed E-state index contributed by atoms with van der Waals surface area (Å²) in [5, 5.41) is 0. The SMILES string of the molecule is CCN(Cc1ccc(C(=O)N(C)C)cc1)C(=O)C(C)Oc1ccc(-c2ccccc2)cc1. The Bertz CT molecular complexity index is 1030. The van der Waals surface area contributed by atoms with Crippen molar-refractivity contribution in [1.82, 2.24) is 9.80 Å². The van der Waals surface area contributed by atoms with Crippen LogP contribution in [0.25, 0.3) is 11.1 Å². The van der Waals surface area contributed by atoms with Crippen LogP contribution in [0, 0.1) is 0 Å². The van der Waals surface area contributed by atoms with Crippen LogP contribution >= 0.6 is 0 Å². The quantitative estimate of drug-likeness (QED) is 0.512. The summed E-state index contributed by atoms with van der Waals surface area (Å²) in [4.78, 5) is 28.3. The number of benzene rings is 3. The Morgan fingerprint density at radius 1 is 0.844 bits per heavy atom. The molecule has 0 aliphatic carbocycles. The zero-order valence-corrected chi connectivity index (χ0v) is 19.1. The Morgan fingerprint density at radius 2 is 1.44 bits per heavy atom. The molecule has 0 aliphatic rings. The largest absolute Gasteiger partial charge is 0.481 e. The third-order valence-electron chi connectivity index (χ3n) is 5.30. The zero-order chi connectivity index (χ0) is 23.1. The summed E-state index contributed by atoms with van der Waals surface area (Å²) in [5.41, 5.74) is 3.83. The van der Waals surface area contributed by atoms with Gasteiger partial charge >= 0.3 is 0 Å². The summed E-state index contributed by atoms with van der Waals surface area (Å²) in [6, 6.07) is 25.3. The minimum Gasteiger partial charge on any atom is -0.481 e. The molecule has 5 heteroatoms. The Hall–Kier alpha value is -3.60. The number of hydrogen-bond acceptors (Lipinski definition) is 3. The molecule has 0 bridgehead atoms. The highest BCUT2D eigenvalue weighted by Crippen LogP contribution is 2.23. The lowest BCUT2D eigenvalue weighted by atomic mass is 10.1. The van der Waals surface area contributed by atoms with Crippen molar-refractivity contribution in [3.05, 3.63) is 90.0 Å². The fraction of sp³-hybridized carbons (Fsp3) is 0.259. The van der Waals surface area contributed by atoms with Gasteiger partial charge < -0.3 is 14.5 Å². The van der Waals surface area contributed by atoms with Crippen molar-refractivity contribution in [2.75, 3.05) is 20.6 Å². The van der Waals surface area contributed by atoms with Gasteiger partial charge in [-0.15, -0.1) is 0 Å². The standard InChI is InChI=1S/C27H30N2O3/c1-5-29(19-21-11-13-24(14-12-21)27(31)28(3)4)26(30)20(2)32-25-17-15-23(16-18-25)22-9-7-6-8-10-22/h6-18,20H,5,19H2,1-4H3. The summed E-state index contributed by atoms with van der Waals surface area (Å²) in [6.07, 6.45) is -0.605. The molecule has 0 aliphatic heterocycles. The molecule has 3 aromatic carbocycles. The lowest BCUT2D eigenvalue weighted by molar-refractivity contribution is -0.138. The van der Waals surface area contributed by atoms with E-state index < -0.39 is 6.10 Å². The second-order valence-corrected chi connectivity index (χ2v) is 7.90. The number of amides is 2. The highest BCUT2D eigenvalue weighted by Gasteiger charge is 2.21. The van der Waals surface area contributed by atoms with E-state index in [1.807, 2.05) is 61.5 Å². The summed E-state index contributed by atoms with van der Waals surface area (Å²) in [5.74, 6) is 0.543. The lowest BCUT2D eigenvalue weighted by Gasteiger charge is -2.25. The number of likely N-dealkylation sites (N-methyl/N-ethyl adjacent to an activating group) is 1. The summed E-state index contributed by atoms with van der Waals surface area (Å²) in [7, 11) is 3.45. The van der Waals surface area contributed by atoms with Crippen LogP contribution in [0.4, 0.5) is 0 Å². The first kappa shape index (κ1) is 23.1. The van der Waals surface area contributed by atoms with E-state index in [0.29, 0.717) is 24.4 Å². The molecule has 0 saturated carbocycles. The maximum absolute atomic E-state index is 13.0. The monoisotopic (exact) mass is 430 g/mol. The molecule has 0 radical (unpaired) electrons. The molecule has 5 nitrogen and oxygen atoms in total. The Morgan fingerprint density at radius 3 is 2.00 bits per heavy atom. The highest BCUT2D eigenvalue weighted by atomic mass is 16.5. The molecule has 0 heterocycles. The third kappa shape index (κ3) is 5.76. The number of ether oxygens (including phenoxy) is 1. The maximum atomic E-state index is 13.0. The van der Waals surface area contributed by atoms with E-state index in [4.69, 9.17) is 4.74 Å². The highest BCUT2D eigenvalue weighted by molar-refractivity contribution is 5.93. The van der Waals surface area contributed by atoms with Crippen LogP contribution in [-0.4, -0.2) is 48.4 Å². The van der Waals surface area contributed by atoms with E-state index in [0.717, 1.165) is 16.7 Å². The molecule has 0 fully saturated rings. The summed E-state index contributed by atoms with van der Waals surface area (Å²) < 4.78 is 5.92. The van der Waals surface area contributed by atoms with Gasteiger partial charge in [0.1, 0.15) is 5.75 Å². The van der Waals surface area contributed by atoms with Crippen LogP contribution in [0.2, 0.25) is 0 Å². The van der Waals surface area contributed by atoms with Crippen LogP contribution in [0.5, 0.6) is 5.75 Å². The van der Waals surface area contributed by atoms with Crippen molar-refractivity contribution in [2.24, 2.45) is 0 Å². The van der Waals surface area contributed by atoms with Gasteiger partial charge in [-0.25, -0.2) is 0 Å². The second-order valence-electron chi connectivity index (χ2n) is 7.90. The lowest BCUT2D eigenvalue weighted by Crippen LogP contribution is -2.40. The van der Waals surface area contributed by atoms with Crippen molar-refractivity contribution in [3.63, 3.8) is 0 Å². The fourth-order valence-corrected chi connectivity index (χ4v) is 3.45. The number of carbonyl (C=O) groups is 2. The van der Waals surface area contributed by atoms with Gasteiger partial charge in [-0.1, -0.05) is 54.6 Å². The Balaban J connectivity index is 1.61. The molecule has 3 rings (SSSR count). The van der Waals surface area contributed by atoms with E-state index in [1.54, 1.807) is 43.0 Å². The number of nitrogens with zero attached hydrogens (tertiary/aromatic N) is 2. The van der Waals surface area contributed by atoms with Crippen LogP contribution in [-0.2, 0) is 11.3 Å². The molecule has 0 aromatic heterocycles. The molecule has 32 heavy (non-hydrogen) atoms. The van der Waals surface area contributed by atoms with Crippen LogP contribution < -0.4 is 4.74 Å². The van der Waals surface area contributed by atoms with Crippen LogP contribution in [0.15, 0.2) is 78.9 Å². The molecule has 1 atom stereocenters. The van der Waals surface area contributed by atoms with E-state index in [9.17, 15) is 9.59 Å². The Labute approximate surface area is 190 Å². The maximum Gasteiger partial charge on any atom is 0.263 e. The van der Waals surface area contributed by atoms with Gasteiger partial charge in [0.05, 0.1) is 0 Å². The van der Waals surface area contributed by atoms with Crippen molar-refractivity contribution in [1.29, 1.82) is 0 Å². The predicted octanol–water partition coefficient (Wildman–Crippen LogP) is 4.87. The van der Waals surface area contributed by atoms with E-state index >= 15 is 0 Å². The predicted molar refractivity (Wildman–Crippen MR) is 128 cm³/mol. The van der Waals surface area contributed by atoms with Gasteiger partial charge in [-0.3, -0.25) is 9.59 Å². The minimum atomic E-state index is -0.605. The van der Waals surface area contributed by atoms with E-state index in [1.165, 1.54) is 0 Å². The average Bonchev–Trinajstić information content (AvgIpc) is 2.83. The topological polar surface area (TPSA) is 49.9 Å². The summed E-state index contributed by atoms with van der Waals surface area (Å²) in [6.45, 7) is 4.75. The third-order valence-corrected chi connectivity index (χ3v) is 5.30. The number of hydrogen-bond donors (Lipinski definition) is 0. The molecule has 166 valence electrons. The molecule has 1 unspecified atom stereocenters. The smallest absolute Gasteiger partial charge is 0.263 e. The van der Waals surface area contributed by atoms with E-state index in [-0.39, 0.29) is 11.8 Å². The van der Waals surface area contributed by atoms with Crippen molar-refractivity contribution >= 4 is 11.8 Å². The van der Waals surface area contributed by atoms with Crippen molar-refractivity contribution in [2.45, 2.75) is 26.5 Å². The molecule has 2 amide bonds. The number of rotatable bonds is 8. The summed E-state index contributed by atoms with van der Waals surface area (Å²) >= 11 is 0. The van der Waals surface area contributed by atoms with Crippen LogP contribution in [0.3, 0.4) is 0 Å². The molecule has 0 saturated heterocycles. The van der Waals surface area contributed by atoms with Gasteiger partial charge in [0, 0.05) is 32.7 Å². The molecule has 0 spiro atoms. The first-order chi connectivity index (χ1) is 15.4. The molecule has 3 aromatic rings. The first-order valence-corrected chi connectivity index (χ1v) is 10.8. The Kier molecular flexibility index (Phi) is 7.66. The molecular weight excluding hydrogens is 400 g/mol. The van der Waals surface area contributed by atoms with Gasteiger partial charge in [0.15, 0.2) is 6.10 Å². The molecular formula is C27H30N2O3. The van der Waals surface area contributed by atoms with Gasteiger partial charge in [-0.2, -0.15) is 0 Å². The van der Waals surface area contributed by atoms with Crippen LogP contribution in [0.1, 0.15) is 29.8 Å². The van der Waals surface area contributed by atoms with Gasteiger partial charge in [0.2, 0.25) is 0 Å². The normalized spacial score (nSPS) is 11.5. The second kappa shape index (κ2) is 10.6. The zero-order valence-electron chi connectivity index (χ0n) is 19.1. The van der Waals surface area contributed by atoms with Gasteiger partial charge in [0.25, 0.3) is 11.8 Å². The molecule has 0 N–H and O–H groups in total. The van der Waals surface area contributed by atoms with E-state index in [2.05, 4.69) is 12.1 Å². The van der Waals surface area contributed by atoms with Crippen molar-refractivity contribution in [3.8, 4) is 16.9 Å². The van der Waals surface area contributed by atoms with Gasteiger partial charge in [-0.05, 0) is 54.8 Å². The minimum absolute atomic E-state index is 0.0414. The first-order valence-electron chi connectivity index (χ1n) is 10.8. The fourth-order valence-electron chi connectivity index (χ4n) is 3.45. The van der Waals surface area contributed by atoms with Crippen molar-refractivity contribution < 1.29 is 14.3 Å². The number of carbonyl (C=O) groups excluding carboxylic acids is 2.